The average molecular weight is 473 g/mol. The van der Waals surface area contributed by atoms with Gasteiger partial charge in [-0.15, -0.1) is 11.3 Å². The van der Waals surface area contributed by atoms with Crippen molar-refractivity contribution >= 4 is 28.7 Å². The van der Waals surface area contributed by atoms with E-state index >= 15 is 0 Å². The quantitative estimate of drug-likeness (QED) is 0.476. The lowest BCUT2D eigenvalue weighted by Crippen LogP contribution is -2.37. The molecule has 0 fully saturated rings. The molecule has 6 heteroatoms. The maximum Gasteiger partial charge on any atom is 0.254 e. The van der Waals surface area contributed by atoms with Crippen LogP contribution in [-0.2, 0) is 9.59 Å². The first kappa shape index (κ1) is 22.3. The van der Waals surface area contributed by atoms with Crippen molar-refractivity contribution in [2.45, 2.75) is 38.5 Å². The Kier molecular flexibility index (Phi) is 5.92. The standard InChI is InChI=1S/C28H25FN2O2S/c1-16-12-13-34-27(16)26-24(28(33)31-21-10-8-20(29)9-11-21)17(2)30-22-14-19(15-23(32)25(22)26)18-6-4-3-5-7-18/h3-13,19,26,30H,14-15H2,1-2H3,(H,31,33). The number of carbonyl (C=O) groups is 2. The van der Waals surface area contributed by atoms with Crippen molar-refractivity contribution in [1.82, 2.24) is 5.32 Å². The molecule has 5 rings (SSSR count). The van der Waals surface area contributed by atoms with Crippen LogP contribution in [0.3, 0.4) is 0 Å². The zero-order valence-corrected chi connectivity index (χ0v) is 19.8. The molecule has 2 N–H and O–H groups in total. The van der Waals surface area contributed by atoms with E-state index in [2.05, 4.69) is 22.8 Å². The molecule has 2 heterocycles. The van der Waals surface area contributed by atoms with E-state index in [-0.39, 0.29) is 23.4 Å². The summed E-state index contributed by atoms with van der Waals surface area (Å²) in [5.74, 6) is -0.914. The Morgan fingerprint density at radius 2 is 1.76 bits per heavy atom. The summed E-state index contributed by atoms with van der Waals surface area (Å²) in [4.78, 5) is 28.1. The van der Waals surface area contributed by atoms with Gasteiger partial charge in [0.15, 0.2) is 5.78 Å². The summed E-state index contributed by atoms with van der Waals surface area (Å²) in [5, 5.41) is 8.30. The van der Waals surface area contributed by atoms with E-state index < -0.39 is 5.92 Å². The van der Waals surface area contributed by atoms with Gasteiger partial charge in [0.1, 0.15) is 5.82 Å². The first-order valence-corrected chi connectivity index (χ1v) is 12.2. The highest BCUT2D eigenvalue weighted by atomic mass is 32.1. The van der Waals surface area contributed by atoms with E-state index in [1.54, 1.807) is 11.3 Å². The highest BCUT2D eigenvalue weighted by Gasteiger charge is 2.41. The number of ketones is 1. The summed E-state index contributed by atoms with van der Waals surface area (Å²) >= 11 is 1.56. The number of nitrogens with one attached hydrogen (secondary N) is 2. The molecule has 2 aliphatic rings. The number of carbonyl (C=O) groups excluding carboxylic acids is 2. The molecule has 172 valence electrons. The smallest absolute Gasteiger partial charge is 0.254 e. The predicted molar refractivity (Wildman–Crippen MR) is 133 cm³/mol. The lowest BCUT2D eigenvalue weighted by Gasteiger charge is -2.36. The Morgan fingerprint density at radius 3 is 2.44 bits per heavy atom. The van der Waals surface area contributed by atoms with Gasteiger partial charge < -0.3 is 10.6 Å². The number of aryl methyl sites for hydroxylation is 1. The van der Waals surface area contributed by atoms with E-state index in [9.17, 15) is 14.0 Å². The Morgan fingerprint density at radius 1 is 1.03 bits per heavy atom. The number of hydrogen-bond acceptors (Lipinski definition) is 4. The molecule has 4 nitrogen and oxygen atoms in total. The van der Waals surface area contributed by atoms with Crippen molar-refractivity contribution < 1.29 is 14.0 Å². The molecule has 1 aromatic heterocycles. The monoisotopic (exact) mass is 472 g/mol. The maximum absolute atomic E-state index is 13.6. The van der Waals surface area contributed by atoms with Crippen LogP contribution in [0.4, 0.5) is 10.1 Å². The normalized spacial score (nSPS) is 20.1. The molecule has 2 unspecified atom stereocenters. The lowest BCUT2D eigenvalue weighted by atomic mass is 9.73. The number of benzene rings is 2. The molecule has 0 saturated heterocycles. The van der Waals surface area contributed by atoms with E-state index in [0.29, 0.717) is 23.3 Å². The maximum atomic E-state index is 13.6. The van der Waals surface area contributed by atoms with Gasteiger partial charge in [-0.3, -0.25) is 9.59 Å². The van der Waals surface area contributed by atoms with Crippen molar-refractivity contribution in [3.63, 3.8) is 0 Å². The molecule has 1 amide bonds. The Hall–Kier alpha value is -3.51. The Balaban J connectivity index is 1.55. The van der Waals surface area contributed by atoms with E-state index in [1.807, 2.05) is 43.5 Å². The van der Waals surface area contributed by atoms with Crippen LogP contribution in [0.2, 0.25) is 0 Å². The van der Waals surface area contributed by atoms with Gasteiger partial charge in [-0.2, -0.15) is 0 Å². The number of Topliss-reactive ketones (excluding diaryl/α,β-unsaturated/α-hetero) is 1. The molecule has 3 aromatic rings. The fraction of sp³-hybridized carbons (Fsp3) is 0.214. The largest absolute Gasteiger partial charge is 0.362 e. The number of allylic oxidation sites excluding steroid dienone is 3. The molecule has 1 aliphatic carbocycles. The van der Waals surface area contributed by atoms with E-state index in [0.717, 1.165) is 33.8 Å². The Bertz CT molecular complexity index is 1320. The van der Waals surface area contributed by atoms with Crippen LogP contribution in [0, 0.1) is 12.7 Å². The molecular weight excluding hydrogens is 447 g/mol. The number of dihydropyridines is 1. The fourth-order valence-electron chi connectivity index (χ4n) is 4.97. The third-order valence-corrected chi connectivity index (χ3v) is 7.69. The number of rotatable bonds is 4. The molecule has 0 spiro atoms. The van der Waals surface area contributed by atoms with Gasteiger partial charge in [-0.25, -0.2) is 4.39 Å². The van der Waals surface area contributed by atoms with Gasteiger partial charge in [0.2, 0.25) is 0 Å². The summed E-state index contributed by atoms with van der Waals surface area (Å²) < 4.78 is 13.3. The van der Waals surface area contributed by atoms with Gasteiger partial charge in [0, 0.05) is 39.5 Å². The molecule has 0 saturated carbocycles. The van der Waals surface area contributed by atoms with Crippen molar-refractivity contribution in [3.8, 4) is 0 Å². The zero-order valence-electron chi connectivity index (χ0n) is 19.0. The minimum absolute atomic E-state index is 0.0694. The molecule has 34 heavy (non-hydrogen) atoms. The van der Waals surface area contributed by atoms with Crippen molar-refractivity contribution in [2.75, 3.05) is 5.32 Å². The second kappa shape index (κ2) is 9.03. The van der Waals surface area contributed by atoms with Crippen LogP contribution >= 0.6 is 11.3 Å². The van der Waals surface area contributed by atoms with Crippen molar-refractivity contribution in [2.24, 2.45) is 0 Å². The third kappa shape index (κ3) is 4.10. The second-order valence-corrected chi connectivity index (χ2v) is 9.80. The summed E-state index contributed by atoms with van der Waals surface area (Å²) in [6.45, 7) is 3.90. The number of halogens is 1. The first-order chi connectivity index (χ1) is 16.4. The van der Waals surface area contributed by atoms with Crippen LogP contribution in [0.5, 0.6) is 0 Å². The topological polar surface area (TPSA) is 58.2 Å². The second-order valence-electron chi connectivity index (χ2n) is 8.86. The number of hydrogen-bond donors (Lipinski definition) is 2. The molecule has 2 aromatic carbocycles. The molecule has 2 atom stereocenters. The van der Waals surface area contributed by atoms with E-state index in [4.69, 9.17) is 0 Å². The minimum atomic E-state index is -0.430. The number of amides is 1. The van der Waals surface area contributed by atoms with Crippen LogP contribution in [-0.4, -0.2) is 11.7 Å². The van der Waals surface area contributed by atoms with Gasteiger partial charge in [0.25, 0.3) is 5.91 Å². The van der Waals surface area contributed by atoms with Crippen LogP contribution < -0.4 is 10.6 Å². The molecular formula is C28H25FN2O2S. The highest BCUT2D eigenvalue weighted by Crippen LogP contribution is 2.47. The van der Waals surface area contributed by atoms with Crippen LogP contribution in [0.25, 0.3) is 0 Å². The number of thiophene rings is 1. The van der Waals surface area contributed by atoms with Gasteiger partial charge in [-0.1, -0.05) is 30.3 Å². The van der Waals surface area contributed by atoms with Gasteiger partial charge >= 0.3 is 0 Å². The van der Waals surface area contributed by atoms with Crippen molar-refractivity contribution in [3.05, 3.63) is 110 Å². The lowest BCUT2D eigenvalue weighted by molar-refractivity contribution is -0.116. The molecule has 0 bridgehead atoms. The van der Waals surface area contributed by atoms with Crippen LogP contribution in [0.1, 0.15) is 47.6 Å². The summed E-state index contributed by atoms with van der Waals surface area (Å²) in [6, 6.07) is 17.8. The zero-order chi connectivity index (χ0) is 23.8. The summed E-state index contributed by atoms with van der Waals surface area (Å²) in [7, 11) is 0. The van der Waals surface area contributed by atoms with Crippen molar-refractivity contribution in [1.29, 1.82) is 0 Å². The molecule has 0 radical (unpaired) electrons. The first-order valence-electron chi connectivity index (χ1n) is 11.3. The average Bonchev–Trinajstić information content (AvgIpc) is 3.25. The van der Waals surface area contributed by atoms with Gasteiger partial charge in [-0.05, 0) is 73.0 Å². The highest BCUT2D eigenvalue weighted by molar-refractivity contribution is 7.10. The minimum Gasteiger partial charge on any atom is -0.362 e. The third-order valence-electron chi connectivity index (χ3n) is 6.61. The number of anilines is 1. The molecule has 1 aliphatic heterocycles. The predicted octanol–water partition coefficient (Wildman–Crippen LogP) is 6.20. The summed E-state index contributed by atoms with van der Waals surface area (Å²) in [6.07, 6.45) is 1.13. The van der Waals surface area contributed by atoms with Crippen LogP contribution in [0.15, 0.2) is 88.6 Å². The summed E-state index contributed by atoms with van der Waals surface area (Å²) in [5.41, 5.74) is 5.56. The van der Waals surface area contributed by atoms with Gasteiger partial charge in [0.05, 0.1) is 5.92 Å². The SMILES string of the molecule is CC1=C(C(=O)Nc2ccc(F)cc2)C(c2sccc2C)C2=C(CC(c3ccccc3)CC2=O)N1. The fourth-order valence-corrected chi connectivity index (χ4v) is 6.02. The van der Waals surface area contributed by atoms with E-state index in [1.165, 1.54) is 24.3 Å². The Labute approximate surface area is 202 Å².